The number of para-hydroxylation sites is 1. The molecule has 1 atom stereocenters. The molecule has 1 fully saturated rings. The van der Waals surface area contributed by atoms with Crippen LogP contribution in [0.2, 0.25) is 0 Å². The van der Waals surface area contributed by atoms with Crippen molar-refractivity contribution in [2.24, 2.45) is 0 Å². The molecule has 0 bridgehead atoms. The van der Waals surface area contributed by atoms with E-state index in [9.17, 15) is 4.79 Å². The van der Waals surface area contributed by atoms with E-state index in [2.05, 4.69) is 10.1 Å². The molecule has 27 heavy (non-hydrogen) atoms. The third-order valence-corrected chi connectivity index (χ3v) is 4.76. The van der Waals surface area contributed by atoms with Gasteiger partial charge in [-0.05, 0) is 42.7 Å². The standard InChI is InChI=1S/C21H22N4O2/c26-21(19-8-1-2-9-20(19)25-13-5-11-23-25)24-12-4-7-18(15-24)27-16-17-6-3-10-22-14-17/h1-3,5-6,8-11,13-14,18H,4,7,12,15-16H2/t18-/m0/s1. The molecule has 1 aromatic carbocycles. The molecular formula is C21H22N4O2. The Balaban J connectivity index is 1.45. The number of carbonyl (C=O) groups is 1. The molecule has 138 valence electrons. The van der Waals surface area contributed by atoms with E-state index >= 15 is 0 Å². The molecule has 4 rings (SSSR count). The highest BCUT2D eigenvalue weighted by Gasteiger charge is 2.26. The maximum atomic E-state index is 13.2. The molecule has 1 saturated heterocycles. The molecule has 3 aromatic rings. The monoisotopic (exact) mass is 362 g/mol. The van der Waals surface area contributed by atoms with Crippen molar-refractivity contribution in [3.8, 4) is 5.69 Å². The van der Waals surface area contributed by atoms with Crippen molar-refractivity contribution >= 4 is 5.91 Å². The molecule has 6 nitrogen and oxygen atoms in total. The fraction of sp³-hybridized carbons (Fsp3) is 0.286. The van der Waals surface area contributed by atoms with Crippen LogP contribution < -0.4 is 0 Å². The van der Waals surface area contributed by atoms with Crippen LogP contribution in [0.3, 0.4) is 0 Å². The predicted molar refractivity (Wildman–Crippen MR) is 102 cm³/mol. The summed E-state index contributed by atoms with van der Waals surface area (Å²) in [5, 5.41) is 4.27. The van der Waals surface area contributed by atoms with Crippen molar-refractivity contribution in [1.82, 2.24) is 19.7 Å². The second-order valence-electron chi connectivity index (χ2n) is 6.66. The van der Waals surface area contributed by atoms with Crippen LogP contribution in [-0.2, 0) is 11.3 Å². The molecule has 0 radical (unpaired) electrons. The minimum Gasteiger partial charge on any atom is -0.372 e. The highest BCUT2D eigenvalue weighted by atomic mass is 16.5. The zero-order chi connectivity index (χ0) is 18.5. The number of amides is 1. The molecule has 0 N–H and O–H groups in total. The second kappa shape index (κ2) is 8.14. The number of likely N-dealkylation sites (tertiary alicyclic amines) is 1. The molecule has 2 aromatic heterocycles. The predicted octanol–water partition coefficient (Wildman–Crippen LogP) is 3.09. The molecule has 6 heteroatoms. The first-order valence-corrected chi connectivity index (χ1v) is 9.20. The molecule has 1 aliphatic heterocycles. The van der Waals surface area contributed by atoms with E-state index < -0.39 is 0 Å². The Morgan fingerprint density at radius 2 is 2.07 bits per heavy atom. The van der Waals surface area contributed by atoms with E-state index in [1.165, 1.54) is 0 Å². The van der Waals surface area contributed by atoms with Gasteiger partial charge >= 0.3 is 0 Å². The lowest BCUT2D eigenvalue weighted by Gasteiger charge is -2.33. The van der Waals surface area contributed by atoms with Crippen LogP contribution in [0.15, 0.2) is 67.3 Å². The SMILES string of the molecule is O=C(c1ccccc1-n1cccn1)N1CCC[C@H](OCc2cccnc2)C1. The lowest BCUT2D eigenvalue weighted by molar-refractivity contribution is -0.00681. The van der Waals surface area contributed by atoms with Gasteiger partial charge in [-0.3, -0.25) is 9.78 Å². The first kappa shape index (κ1) is 17.4. The van der Waals surface area contributed by atoms with Gasteiger partial charge in [0.2, 0.25) is 0 Å². The minimum absolute atomic E-state index is 0.0239. The van der Waals surface area contributed by atoms with Crippen LogP contribution in [0.4, 0.5) is 0 Å². The van der Waals surface area contributed by atoms with Crippen molar-refractivity contribution in [3.63, 3.8) is 0 Å². The average molecular weight is 362 g/mol. The number of pyridine rings is 1. The van der Waals surface area contributed by atoms with E-state index in [0.717, 1.165) is 30.6 Å². The number of rotatable bonds is 5. The molecular weight excluding hydrogens is 340 g/mol. The molecule has 0 spiro atoms. The van der Waals surface area contributed by atoms with Gasteiger partial charge in [0.05, 0.1) is 24.0 Å². The quantitative estimate of drug-likeness (QED) is 0.700. The van der Waals surface area contributed by atoms with Crippen LogP contribution >= 0.6 is 0 Å². The first-order valence-electron chi connectivity index (χ1n) is 9.20. The normalized spacial score (nSPS) is 17.0. The Bertz CT molecular complexity index is 880. The van der Waals surface area contributed by atoms with Crippen molar-refractivity contribution < 1.29 is 9.53 Å². The molecule has 0 aliphatic carbocycles. The smallest absolute Gasteiger partial charge is 0.256 e. The van der Waals surface area contributed by atoms with Crippen LogP contribution in [0.5, 0.6) is 0 Å². The maximum absolute atomic E-state index is 13.2. The van der Waals surface area contributed by atoms with Gasteiger partial charge < -0.3 is 9.64 Å². The Morgan fingerprint density at radius 1 is 1.15 bits per heavy atom. The summed E-state index contributed by atoms with van der Waals surface area (Å²) in [6.07, 6.45) is 9.07. The van der Waals surface area contributed by atoms with Crippen LogP contribution in [0.25, 0.3) is 5.69 Å². The average Bonchev–Trinajstić information content (AvgIpc) is 3.27. The van der Waals surface area contributed by atoms with Crippen LogP contribution in [-0.4, -0.2) is 44.8 Å². The summed E-state index contributed by atoms with van der Waals surface area (Å²) in [6.45, 7) is 1.87. The third kappa shape index (κ3) is 4.06. The van der Waals surface area contributed by atoms with E-state index in [4.69, 9.17) is 4.74 Å². The summed E-state index contributed by atoms with van der Waals surface area (Å²) < 4.78 is 7.77. The summed E-state index contributed by atoms with van der Waals surface area (Å²) in [5.41, 5.74) is 2.50. The molecule has 0 unspecified atom stereocenters. The highest BCUT2D eigenvalue weighted by molar-refractivity contribution is 5.97. The Kier molecular flexibility index (Phi) is 5.25. The first-order chi connectivity index (χ1) is 13.3. The van der Waals surface area contributed by atoms with Gasteiger partial charge in [-0.25, -0.2) is 4.68 Å². The summed E-state index contributed by atoms with van der Waals surface area (Å²) >= 11 is 0. The third-order valence-electron chi connectivity index (χ3n) is 4.76. The maximum Gasteiger partial charge on any atom is 0.256 e. The Hall–Kier alpha value is -2.99. The van der Waals surface area contributed by atoms with Gasteiger partial charge in [0, 0.05) is 37.9 Å². The number of ether oxygens (including phenoxy) is 1. The van der Waals surface area contributed by atoms with Crippen molar-refractivity contribution in [2.45, 2.75) is 25.6 Å². The number of carbonyl (C=O) groups excluding carboxylic acids is 1. The van der Waals surface area contributed by atoms with Gasteiger partial charge in [-0.2, -0.15) is 5.10 Å². The molecule has 3 heterocycles. The minimum atomic E-state index is 0.0239. The zero-order valence-electron chi connectivity index (χ0n) is 15.1. The number of hydrogen-bond acceptors (Lipinski definition) is 4. The summed E-state index contributed by atoms with van der Waals surface area (Å²) in [7, 11) is 0. The number of nitrogens with zero attached hydrogens (tertiary/aromatic N) is 4. The zero-order valence-corrected chi connectivity index (χ0v) is 15.1. The number of benzene rings is 1. The van der Waals surface area contributed by atoms with E-state index in [1.807, 2.05) is 59.8 Å². The van der Waals surface area contributed by atoms with Gasteiger partial charge in [0.25, 0.3) is 5.91 Å². The second-order valence-corrected chi connectivity index (χ2v) is 6.66. The van der Waals surface area contributed by atoms with Crippen LogP contribution in [0, 0.1) is 0 Å². The van der Waals surface area contributed by atoms with Gasteiger partial charge in [0.1, 0.15) is 0 Å². The fourth-order valence-corrected chi connectivity index (χ4v) is 3.39. The van der Waals surface area contributed by atoms with Gasteiger partial charge in [-0.15, -0.1) is 0 Å². The summed E-state index contributed by atoms with van der Waals surface area (Å²) in [4.78, 5) is 19.2. The molecule has 1 amide bonds. The summed E-state index contributed by atoms with van der Waals surface area (Å²) in [5.74, 6) is 0.0239. The summed E-state index contributed by atoms with van der Waals surface area (Å²) in [6, 6.07) is 13.3. The van der Waals surface area contributed by atoms with Crippen molar-refractivity contribution in [3.05, 3.63) is 78.4 Å². The topological polar surface area (TPSA) is 60.2 Å². The Morgan fingerprint density at radius 3 is 2.89 bits per heavy atom. The largest absolute Gasteiger partial charge is 0.372 e. The highest BCUT2D eigenvalue weighted by Crippen LogP contribution is 2.20. The van der Waals surface area contributed by atoms with Gasteiger partial charge in [-0.1, -0.05) is 18.2 Å². The Labute approximate surface area is 158 Å². The van der Waals surface area contributed by atoms with E-state index in [-0.39, 0.29) is 12.0 Å². The number of piperidine rings is 1. The number of aromatic nitrogens is 3. The molecule has 1 aliphatic rings. The molecule has 0 saturated carbocycles. The fourth-order valence-electron chi connectivity index (χ4n) is 3.39. The van der Waals surface area contributed by atoms with E-state index in [1.54, 1.807) is 17.1 Å². The lowest BCUT2D eigenvalue weighted by Crippen LogP contribution is -2.43. The lowest BCUT2D eigenvalue weighted by atomic mass is 10.1. The van der Waals surface area contributed by atoms with E-state index in [0.29, 0.717) is 18.7 Å². The van der Waals surface area contributed by atoms with Crippen molar-refractivity contribution in [1.29, 1.82) is 0 Å². The number of hydrogen-bond donors (Lipinski definition) is 0. The van der Waals surface area contributed by atoms with Crippen molar-refractivity contribution in [2.75, 3.05) is 13.1 Å². The van der Waals surface area contributed by atoms with Gasteiger partial charge in [0.15, 0.2) is 0 Å². The van der Waals surface area contributed by atoms with Crippen LogP contribution in [0.1, 0.15) is 28.8 Å².